The molecule has 2 unspecified atom stereocenters. The molecule has 94 valence electrons. The first-order valence-corrected chi connectivity index (χ1v) is 6.54. The van der Waals surface area contributed by atoms with Crippen LogP contribution in [-0.4, -0.2) is 44.4 Å². The van der Waals surface area contributed by atoms with Gasteiger partial charge in [-0.05, 0) is 19.3 Å². The molecule has 1 saturated heterocycles. The maximum Gasteiger partial charge on any atom is 0.117 e. The second-order valence-electron chi connectivity index (χ2n) is 5.69. The monoisotopic (exact) mass is 229 g/mol. The van der Waals surface area contributed by atoms with Gasteiger partial charge in [0, 0.05) is 38.1 Å². The Balaban J connectivity index is 1.79. The number of halogens is 1. The normalized spacial score (nSPS) is 33.2. The minimum absolute atomic E-state index is 0.281. The third-order valence-corrected chi connectivity index (χ3v) is 4.06. The summed E-state index contributed by atoms with van der Waals surface area (Å²) in [5, 5.41) is 0. The second kappa shape index (κ2) is 5.01. The molecule has 0 spiro atoms. The first-order chi connectivity index (χ1) is 7.69. The Morgan fingerprint density at radius 2 is 2.12 bits per heavy atom. The van der Waals surface area contributed by atoms with E-state index in [1.807, 2.05) is 0 Å². The lowest BCUT2D eigenvalue weighted by Gasteiger charge is -2.22. The Morgan fingerprint density at radius 1 is 1.38 bits per heavy atom. The van der Waals surface area contributed by atoms with Gasteiger partial charge in [-0.15, -0.1) is 0 Å². The predicted octanol–water partition coefficient (Wildman–Crippen LogP) is 2.48. The molecule has 0 N–H and O–H groups in total. The van der Waals surface area contributed by atoms with Crippen LogP contribution >= 0.6 is 0 Å². The molecule has 1 aliphatic heterocycles. The molecule has 0 radical (unpaired) electrons. The summed E-state index contributed by atoms with van der Waals surface area (Å²) >= 11 is 0. The van der Waals surface area contributed by atoms with Crippen molar-refractivity contribution in [2.24, 2.45) is 11.3 Å². The van der Waals surface area contributed by atoms with E-state index in [2.05, 4.69) is 11.8 Å². The minimum atomic E-state index is -0.599. The Labute approximate surface area is 98.1 Å². The van der Waals surface area contributed by atoms with Crippen molar-refractivity contribution in [3.8, 4) is 0 Å². The average Bonchev–Trinajstić information content (AvgIpc) is 2.89. The maximum atomic E-state index is 13.7. The van der Waals surface area contributed by atoms with Gasteiger partial charge in [-0.25, -0.2) is 4.39 Å². The highest BCUT2D eigenvalue weighted by atomic mass is 19.1. The summed E-state index contributed by atoms with van der Waals surface area (Å²) in [5.74, 6) is 0.281. The molecule has 1 heterocycles. The number of hydrogen-bond donors (Lipinski definition) is 0. The molecule has 0 aromatic carbocycles. The average molecular weight is 229 g/mol. The smallest absolute Gasteiger partial charge is 0.117 e. The van der Waals surface area contributed by atoms with Crippen molar-refractivity contribution in [2.45, 2.75) is 38.8 Å². The molecule has 0 bridgehead atoms. The fraction of sp³-hybridized carbons (Fsp3) is 1.00. The Bertz CT molecular complexity index is 230. The van der Waals surface area contributed by atoms with Crippen LogP contribution in [0.5, 0.6) is 0 Å². The summed E-state index contributed by atoms with van der Waals surface area (Å²) < 4.78 is 19.0. The molecular weight excluding hydrogens is 205 g/mol. The third kappa shape index (κ3) is 2.75. The quantitative estimate of drug-likeness (QED) is 0.694. The summed E-state index contributed by atoms with van der Waals surface area (Å²) in [6.45, 7) is 5.64. The lowest BCUT2D eigenvalue weighted by molar-refractivity contribution is 0.113. The highest BCUT2D eigenvalue weighted by Crippen LogP contribution is 2.47. The number of ether oxygens (including phenoxy) is 1. The van der Waals surface area contributed by atoms with Crippen LogP contribution in [0.15, 0.2) is 0 Å². The zero-order chi connectivity index (χ0) is 11.6. The number of hydrogen-bond acceptors (Lipinski definition) is 2. The van der Waals surface area contributed by atoms with Gasteiger partial charge in [-0.1, -0.05) is 13.3 Å². The van der Waals surface area contributed by atoms with E-state index in [9.17, 15) is 4.39 Å². The van der Waals surface area contributed by atoms with Crippen molar-refractivity contribution in [1.82, 2.24) is 4.90 Å². The second-order valence-corrected chi connectivity index (χ2v) is 5.69. The van der Waals surface area contributed by atoms with Gasteiger partial charge < -0.3 is 4.74 Å². The summed E-state index contributed by atoms with van der Waals surface area (Å²) in [5.41, 5.74) is 0.371. The SMILES string of the molecule is CCCC1CN(CC2(COC)CC2)CC1F. The molecule has 0 aromatic rings. The topological polar surface area (TPSA) is 12.5 Å². The zero-order valence-corrected chi connectivity index (χ0v) is 10.5. The van der Waals surface area contributed by atoms with Crippen LogP contribution in [0, 0.1) is 11.3 Å². The van der Waals surface area contributed by atoms with Crippen molar-refractivity contribution in [3.05, 3.63) is 0 Å². The molecule has 0 aromatic heterocycles. The molecule has 1 aliphatic carbocycles. The molecule has 2 fully saturated rings. The third-order valence-electron chi connectivity index (χ3n) is 4.06. The van der Waals surface area contributed by atoms with Gasteiger partial charge in [0.2, 0.25) is 0 Å². The van der Waals surface area contributed by atoms with Crippen LogP contribution in [-0.2, 0) is 4.74 Å². The first kappa shape index (κ1) is 12.3. The molecule has 2 atom stereocenters. The number of methoxy groups -OCH3 is 1. The van der Waals surface area contributed by atoms with E-state index >= 15 is 0 Å². The number of likely N-dealkylation sites (tertiary alicyclic amines) is 1. The van der Waals surface area contributed by atoms with Gasteiger partial charge in [0.25, 0.3) is 0 Å². The van der Waals surface area contributed by atoms with Crippen molar-refractivity contribution >= 4 is 0 Å². The van der Waals surface area contributed by atoms with Crippen molar-refractivity contribution < 1.29 is 9.13 Å². The highest BCUT2D eigenvalue weighted by molar-refractivity contribution is 4.97. The number of alkyl halides is 1. The van der Waals surface area contributed by atoms with E-state index in [-0.39, 0.29) is 5.92 Å². The van der Waals surface area contributed by atoms with Gasteiger partial charge in [0.15, 0.2) is 0 Å². The Morgan fingerprint density at radius 3 is 2.69 bits per heavy atom. The van der Waals surface area contributed by atoms with Gasteiger partial charge in [-0.3, -0.25) is 4.90 Å². The van der Waals surface area contributed by atoms with E-state index in [1.54, 1.807) is 7.11 Å². The summed E-state index contributed by atoms with van der Waals surface area (Å²) in [6.07, 6.45) is 4.05. The number of rotatable bonds is 6. The molecule has 2 nitrogen and oxygen atoms in total. The van der Waals surface area contributed by atoms with E-state index in [0.717, 1.165) is 32.5 Å². The lowest BCUT2D eigenvalue weighted by atomic mass is 10.0. The largest absolute Gasteiger partial charge is 0.384 e. The van der Waals surface area contributed by atoms with Crippen molar-refractivity contribution in [1.29, 1.82) is 0 Å². The van der Waals surface area contributed by atoms with Crippen LogP contribution in [0.3, 0.4) is 0 Å². The molecular formula is C13H24FNO. The van der Waals surface area contributed by atoms with Crippen LogP contribution < -0.4 is 0 Å². The van der Waals surface area contributed by atoms with Gasteiger partial charge in [0.05, 0.1) is 6.61 Å². The van der Waals surface area contributed by atoms with E-state index in [0.29, 0.717) is 12.0 Å². The standard InChI is InChI=1S/C13H24FNO/c1-3-4-11-7-15(8-12(11)14)9-13(5-6-13)10-16-2/h11-12H,3-10H2,1-2H3. The van der Waals surface area contributed by atoms with Gasteiger partial charge in [-0.2, -0.15) is 0 Å². The predicted molar refractivity (Wildman–Crippen MR) is 63.3 cm³/mol. The zero-order valence-electron chi connectivity index (χ0n) is 10.5. The maximum absolute atomic E-state index is 13.7. The van der Waals surface area contributed by atoms with E-state index in [4.69, 9.17) is 4.74 Å². The summed E-state index contributed by atoms with van der Waals surface area (Å²) in [7, 11) is 1.77. The van der Waals surface area contributed by atoms with Gasteiger partial charge >= 0.3 is 0 Å². The van der Waals surface area contributed by atoms with Crippen LogP contribution in [0.1, 0.15) is 32.6 Å². The molecule has 2 aliphatic rings. The fourth-order valence-electron chi connectivity index (χ4n) is 2.99. The van der Waals surface area contributed by atoms with Crippen LogP contribution in [0.2, 0.25) is 0 Å². The Hall–Kier alpha value is -0.150. The lowest BCUT2D eigenvalue weighted by Crippen LogP contribution is -2.31. The van der Waals surface area contributed by atoms with E-state index in [1.165, 1.54) is 12.8 Å². The Kier molecular flexibility index (Phi) is 3.85. The van der Waals surface area contributed by atoms with Crippen molar-refractivity contribution in [3.63, 3.8) is 0 Å². The van der Waals surface area contributed by atoms with E-state index < -0.39 is 6.17 Å². The first-order valence-electron chi connectivity index (χ1n) is 6.54. The summed E-state index contributed by atoms with van der Waals surface area (Å²) in [6, 6.07) is 0. The van der Waals surface area contributed by atoms with Crippen molar-refractivity contribution in [2.75, 3.05) is 33.4 Å². The van der Waals surface area contributed by atoms with Crippen LogP contribution in [0.4, 0.5) is 4.39 Å². The van der Waals surface area contributed by atoms with Crippen LogP contribution in [0.25, 0.3) is 0 Å². The molecule has 3 heteroatoms. The molecule has 16 heavy (non-hydrogen) atoms. The molecule has 1 saturated carbocycles. The molecule has 2 rings (SSSR count). The van der Waals surface area contributed by atoms with Gasteiger partial charge in [0.1, 0.15) is 6.17 Å². The summed E-state index contributed by atoms with van der Waals surface area (Å²) in [4.78, 5) is 2.32. The minimum Gasteiger partial charge on any atom is -0.384 e. The molecule has 0 amide bonds. The fourth-order valence-corrected chi connectivity index (χ4v) is 2.99. The number of nitrogens with zero attached hydrogens (tertiary/aromatic N) is 1. The highest BCUT2D eigenvalue weighted by Gasteiger charge is 2.46.